The number of amides is 2. The molecule has 0 unspecified atom stereocenters. The smallest absolute Gasteiger partial charge is 0.255 e. The van der Waals surface area contributed by atoms with Crippen molar-refractivity contribution in [2.75, 3.05) is 53.0 Å². The highest BCUT2D eigenvalue weighted by Gasteiger charge is 2.13. The van der Waals surface area contributed by atoms with E-state index in [2.05, 4.69) is 15.5 Å². The molecule has 1 aliphatic heterocycles. The molecule has 1 heterocycles. The molecule has 1 aliphatic rings. The molecule has 7 nitrogen and oxygen atoms in total. The van der Waals surface area contributed by atoms with Crippen molar-refractivity contribution in [3.8, 4) is 5.75 Å². The molecular weight excluding hydrogens is 310 g/mol. The Labute approximate surface area is 142 Å². The molecule has 2 rings (SSSR count). The third-order valence-electron chi connectivity index (χ3n) is 3.84. The number of carbonyl (C=O) groups excluding carboxylic acids is 2. The molecule has 0 aliphatic carbocycles. The first-order valence-electron chi connectivity index (χ1n) is 8.18. The minimum atomic E-state index is -0.323. The summed E-state index contributed by atoms with van der Waals surface area (Å²) in [5.74, 6) is -0.0305. The first-order valence-corrected chi connectivity index (χ1v) is 8.18. The Bertz CT molecular complexity index is 544. The van der Waals surface area contributed by atoms with E-state index in [1.54, 1.807) is 24.3 Å². The second-order valence-electron chi connectivity index (χ2n) is 5.54. The number of methoxy groups -OCH3 is 1. The van der Waals surface area contributed by atoms with Gasteiger partial charge >= 0.3 is 0 Å². The molecule has 7 heteroatoms. The van der Waals surface area contributed by atoms with Crippen LogP contribution in [0, 0.1) is 0 Å². The molecule has 0 spiro atoms. The molecule has 1 fully saturated rings. The first-order chi connectivity index (χ1) is 11.7. The summed E-state index contributed by atoms with van der Waals surface area (Å²) in [4.78, 5) is 26.2. The maximum absolute atomic E-state index is 12.1. The number of carbonyl (C=O) groups is 2. The van der Waals surface area contributed by atoms with Crippen molar-refractivity contribution in [1.29, 1.82) is 0 Å². The summed E-state index contributed by atoms with van der Waals surface area (Å²) in [5.41, 5.74) is 0.417. The fraction of sp³-hybridized carbons (Fsp3) is 0.529. The molecule has 1 saturated heterocycles. The molecule has 0 saturated carbocycles. The van der Waals surface area contributed by atoms with Gasteiger partial charge in [-0.2, -0.15) is 0 Å². The van der Waals surface area contributed by atoms with Crippen LogP contribution in [-0.4, -0.2) is 69.8 Å². The first kappa shape index (κ1) is 18.2. The monoisotopic (exact) mass is 335 g/mol. The van der Waals surface area contributed by atoms with Crippen LogP contribution in [-0.2, 0) is 9.53 Å². The average molecular weight is 335 g/mol. The summed E-state index contributed by atoms with van der Waals surface area (Å²) in [6.07, 6.45) is 0.881. The van der Waals surface area contributed by atoms with Gasteiger partial charge in [-0.15, -0.1) is 0 Å². The fourth-order valence-corrected chi connectivity index (χ4v) is 2.51. The number of morpholine rings is 1. The number of nitrogens with zero attached hydrogens (tertiary/aromatic N) is 1. The molecule has 24 heavy (non-hydrogen) atoms. The van der Waals surface area contributed by atoms with Gasteiger partial charge in [0, 0.05) is 19.6 Å². The number of hydrogen-bond acceptors (Lipinski definition) is 5. The van der Waals surface area contributed by atoms with Gasteiger partial charge in [0.15, 0.2) is 0 Å². The minimum Gasteiger partial charge on any atom is -0.496 e. The van der Waals surface area contributed by atoms with Crippen LogP contribution in [0.25, 0.3) is 0 Å². The molecular formula is C17H25N3O4. The van der Waals surface area contributed by atoms with Crippen LogP contribution in [0.1, 0.15) is 16.8 Å². The lowest BCUT2D eigenvalue weighted by atomic mass is 10.2. The van der Waals surface area contributed by atoms with Crippen LogP contribution >= 0.6 is 0 Å². The van der Waals surface area contributed by atoms with E-state index in [1.807, 2.05) is 0 Å². The number of nitrogens with one attached hydrogen (secondary N) is 2. The zero-order valence-electron chi connectivity index (χ0n) is 14.0. The lowest BCUT2D eigenvalue weighted by Crippen LogP contribution is -2.40. The summed E-state index contributed by atoms with van der Waals surface area (Å²) < 4.78 is 10.4. The highest BCUT2D eigenvalue weighted by Crippen LogP contribution is 2.16. The Morgan fingerprint density at radius 2 is 1.96 bits per heavy atom. The molecule has 0 bridgehead atoms. The van der Waals surface area contributed by atoms with Gasteiger partial charge in [-0.1, -0.05) is 12.1 Å². The lowest BCUT2D eigenvalue weighted by molar-refractivity contribution is -0.120. The minimum absolute atomic E-state index is 0.0472. The average Bonchev–Trinajstić information content (AvgIpc) is 2.64. The van der Waals surface area contributed by atoms with Crippen molar-refractivity contribution in [3.05, 3.63) is 29.8 Å². The van der Waals surface area contributed by atoms with Crippen LogP contribution < -0.4 is 15.4 Å². The number of benzene rings is 1. The Morgan fingerprint density at radius 3 is 2.71 bits per heavy atom. The van der Waals surface area contributed by atoms with Gasteiger partial charge in [0.05, 0.1) is 32.4 Å². The van der Waals surface area contributed by atoms with Crippen LogP contribution in [0.4, 0.5) is 0 Å². The quantitative estimate of drug-likeness (QED) is 0.667. The SMILES string of the molecule is COc1ccccc1C(=O)NCC(=O)NCCCN1CCOCC1. The van der Waals surface area contributed by atoms with E-state index in [9.17, 15) is 9.59 Å². The maximum Gasteiger partial charge on any atom is 0.255 e. The third kappa shape index (κ3) is 5.82. The van der Waals surface area contributed by atoms with Crippen LogP contribution in [0.3, 0.4) is 0 Å². The standard InChI is InChI=1S/C17H25N3O4/c1-23-15-6-3-2-5-14(15)17(22)19-13-16(21)18-7-4-8-20-9-11-24-12-10-20/h2-3,5-6H,4,7-13H2,1H3,(H,18,21)(H,19,22). The highest BCUT2D eigenvalue weighted by atomic mass is 16.5. The molecule has 2 amide bonds. The van der Waals surface area contributed by atoms with Crippen LogP contribution in [0.15, 0.2) is 24.3 Å². The van der Waals surface area contributed by atoms with Crippen molar-refractivity contribution in [3.63, 3.8) is 0 Å². The molecule has 1 aromatic carbocycles. The van der Waals surface area contributed by atoms with Gasteiger partial charge in [-0.25, -0.2) is 0 Å². The van der Waals surface area contributed by atoms with Crippen molar-refractivity contribution in [2.24, 2.45) is 0 Å². The van der Waals surface area contributed by atoms with E-state index < -0.39 is 0 Å². The van der Waals surface area contributed by atoms with Crippen molar-refractivity contribution in [1.82, 2.24) is 15.5 Å². The van der Waals surface area contributed by atoms with Gasteiger partial charge < -0.3 is 20.1 Å². The Kier molecular flexibility index (Phi) is 7.51. The normalized spacial score (nSPS) is 14.9. The second kappa shape index (κ2) is 9.89. The topological polar surface area (TPSA) is 79.9 Å². The number of rotatable bonds is 8. The van der Waals surface area contributed by atoms with Crippen molar-refractivity contribution < 1.29 is 19.1 Å². The van der Waals surface area contributed by atoms with Gasteiger partial charge in [0.2, 0.25) is 5.91 Å². The third-order valence-corrected chi connectivity index (χ3v) is 3.84. The predicted octanol–water partition coefficient (Wildman–Crippen LogP) is 0.264. The lowest BCUT2D eigenvalue weighted by Gasteiger charge is -2.26. The Balaban J connectivity index is 1.62. The summed E-state index contributed by atoms with van der Waals surface area (Å²) in [6, 6.07) is 6.91. The highest BCUT2D eigenvalue weighted by molar-refractivity contribution is 5.98. The molecule has 1 aromatic rings. The molecule has 132 valence electrons. The summed E-state index contributed by atoms with van der Waals surface area (Å²) >= 11 is 0. The molecule has 0 radical (unpaired) electrons. The zero-order valence-corrected chi connectivity index (χ0v) is 14.0. The summed E-state index contributed by atoms with van der Waals surface area (Å²) in [6.45, 7) is 4.95. The van der Waals surface area contributed by atoms with Crippen LogP contribution in [0.5, 0.6) is 5.75 Å². The Morgan fingerprint density at radius 1 is 1.21 bits per heavy atom. The Hall–Kier alpha value is -2.12. The zero-order chi connectivity index (χ0) is 17.2. The molecule has 0 atom stereocenters. The number of hydrogen-bond donors (Lipinski definition) is 2. The number of ether oxygens (including phenoxy) is 2. The van der Waals surface area contributed by atoms with E-state index in [-0.39, 0.29) is 18.4 Å². The summed E-state index contributed by atoms with van der Waals surface area (Å²) in [5, 5.41) is 5.42. The van der Waals surface area contributed by atoms with Crippen molar-refractivity contribution in [2.45, 2.75) is 6.42 Å². The van der Waals surface area contributed by atoms with Gasteiger partial charge in [0.1, 0.15) is 5.75 Å². The molecule has 2 N–H and O–H groups in total. The van der Waals surface area contributed by atoms with E-state index in [4.69, 9.17) is 9.47 Å². The van der Waals surface area contributed by atoms with Crippen LogP contribution in [0.2, 0.25) is 0 Å². The largest absolute Gasteiger partial charge is 0.496 e. The fourth-order valence-electron chi connectivity index (χ4n) is 2.51. The van der Waals surface area contributed by atoms with Crippen molar-refractivity contribution >= 4 is 11.8 Å². The van der Waals surface area contributed by atoms with E-state index in [0.29, 0.717) is 17.9 Å². The maximum atomic E-state index is 12.1. The van der Waals surface area contributed by atoms with Gasteiger partial charge in [-0.3, -0.25) is 14.5 Å². The molecule has 0 aromatic heterocycles. The van der Waals surface area contributed by atoms with Gasteiger partial charge in [-0.05, 0) is 25.1 Å². The second-order valence-corrected chi connectivity index (χ2v) is 5.54. The predicted molar refractivity (Wildman–Crippen MR) is 90.2 cm³/mol. The number of para-hydroxylation sites is 1. The van der Waals surface area contributed by atoms with Gasteiger partial charge in [0.25, 0.3) is 5.91 Å². The van der Waals surface area contributed by atoms with E-state index in [1.165, 1.54) is 7.11 Å². The van der Waals surface area contributed by atoms with E-state index in [0.717, 1.165) is 39.3 Å². The summed E-state index contributed by atoms with van der Waals surface area (Å²) in [7, 11) is 1.51. The van der Waals surface area contributed by atoms with E-state index >= 15 is 0 Å².